The number of para-hydroxylation sites is 1. The van der Waals surface area contributed by atoms with Crippen molar-refractivity contribution in [2.75, 3.05) is 0 Å². The molecule has 0 aliphatic carbocycles. The Kier molecular flexibility index (Phi) is 4.63. The summed E-state index contributed by atoms with van der Waals surface area (Å²) in [5.74, 6) is 0. The summed E-state index contributed by atoms with van der Waals surface area (Å²) in [5, 5.41) is 11.3. The highest BCUT2D eigenvalue weighted by atomic mass is 35.5. The summed E-state index contributed by atoms with van der Waals surface area (Å²) in [7, 11) is 0. The van der Waals surface area contributed by atoms with Crippen LogP contribution in [-0.2, 0) is 6.42 Å². The fraction of sp³-hybridized carbons (Fsp3) is 0.200. The Morgan fingerprint density at radius 2 is 1.95 bits per heavy atom. The summed E-state index contributed by atoms with van der Waals surface area (Å²) < 4.78 is 0. The molecule has 2 aromatic rings. The number of hydrogen-bond donors (Lipinski definition) is 0. The molecule has 0 heterocycles. The highest BCUT2D eigenvalue weighted by Gasteiger charge is 2.17. The van der Waals surface area contributed by atoms with Crippen LogP contribution < -0.4 is 0 Å². The van der Waals surface area contributed by atoms with Crippen LogP contribution in [0.15, 0.2) is 42.5 Å². The molecule has 0 amide bonds. The molecular weight excluding hydrogens is 297 g/mol. The lowest BCUT2D eigenvalue weighted by atomic mass is 10.0. The molecule has 104 valence electrons. The van der Waals surface area contributed by atoms with Crippen LogP contribution in [0.3, 0.4) is 0 Å². The number of rotatable bonds is 4. The number of benzene rings is 2. The fourth-order valence-corrected chi connectivity index (χ4v) is 2.45. The van der Waals surface area contributed by atoms with Gasteiger partial charge < -0.3 is 0 Å². The van der Waals surface area contributed by atoms with E-state index in [1.807, 2.05) is 19.1 Å². The van der Waals surface area contributed by atoms with Gasteiger partial charge in [0, 0.05) is 16.7 Å². The molecule has 1 unspecified atom stereocenters. The molecule has 2 aromatic carbocycles. The van der Waals surface area contributed by atoms with Crippen LogP contribution in [0, 0.1) is 17.0 Å². The van der Waals surface area contributed by atoms with Crippen LogP contribution in [-0.4, -0.2) is 4.92 Å². The predicted octanol–water partition coefficient (Wildman–Crippen LogP) is 5.08. The second-order valence-corrected chi connectivity index (χ2v) is 5.50. The molecule has 0 aromatic heterocycles. The standard InChI is InChI=1S/C15H13Cl2NO2/c1-10-8-11(6-7-13(10)16)14(17)9-12-4-2-3-5-15(12)18(19)20/h2-8,14H,9H2,1H3. The molecule has 0 aliphatic heterocycles. The first kappa shape index (κ1) is 14.8. The van der Waals surface area contributed by atoms with Gasteiger partial charge in [-0.2, -0.15) is 0 Å². The van der Waals surface area contributed by atoms with Gasteiger partial charge >= 0.3 is 0 Å². The summed E-state index contributed by atoms with van der Waals surface area (Å²) in [6.07, 6.45) is 0.403. The van der Waals surface area contributed by atoms with Gasteiger partial charge in [0.25, 0.3) is 5.69 Å². The molecule has 0 saturated heterocycles. The molecule has 2 rings (SSSR count). The van der Waals surface area contributed by atoms with Crippen molar-refractivity contribution in [3.63, 3.8) is 0 Å². The Labute approximate surface area is 127 Å². The first-order valence-corrected chi connectivity index (χ1v) is 6.93. The topological polar surface area (TPSA) is 43.1 Å². The normalized spacial score (nSPS) is 12.2. The van der Waals surface area contributed by atoms with Crippen molar-refractivity contribution in [1.82, 2.24) is 0 Å². The van der Waals surface area contributed by atoms with Crippen LogP contribution in [0.2, 0.25) is 5.02 Å². The second kappa shape index (κ2) is 6.25. The van der Waals surface area contributed by atoms with E-state index in [-0.39, 0.29) is 16.0 Å². The van der Waals surface area contributed by atoms with E-state index in [2.05, 4.69) is 0 Å². The Balaban J connectivity index is 2.25. The van der Waals surface area contributed by atoms with Gasteiger partial charge in [0.2, 0.25) is 0 Å². The quantitative estimate of drug-likeness (QED) is 0.449. The lowest BCUT2D eigenvalue weighted by Crippen LogP contribution is -2.00. The summed E-state index contributed by atoms with van der Waals surface area (Å²) in [4.78, 5) is 10.6. The third-order valence-corrected chi connectivity index (χ3v) is 3.96. The highest BCUT2D eigenvalue weighted by Crippen LogP contribution is 2.30. The zero-order valence-electron chi connectivity index (χ0n) is 10.8. The number of nitrogens with zero attached hydrogens (tertiary/aromatic N) is 1. The van der Waals surface area contributed by atoms with Gasteiger partial charge in [0.1, 0.15) is 0 Å². The number of halogens is 2. The molecular formula is C15H13Cl2NO2. The van der Waals surface area contributed by atoms with Gasteiger partial charge in [-0.25, -0.2) is 0 Å². The minimum absolute atomic E-state index is 0.101. The van der Waals surface area contributed by atoms with E-state index >= 15 is 0 Å². The van der Waals surface area contributed by atoms with Gasteiger partial charge in [-0.15, -0.1) is 11.6 Å². The molecule has 20 heavy (non-hydrogen) atoms. The third-order valence-electron chi connectivity index (χ3n) is 3.13. The minimum Gasteiger partial charge on any atom is -0.258 e. The van der Waals surface area contributed by atoms with Crippen LogP contribution in [0.4, 0.5) is 5.69 Å². The van der Waals surface area contributed by atoms with Crippen LogP contribution in [0.1, 0.15) is 22.1 Å². The van der Waals surface area contributed by atoms with Crippen LogP contribution >= 0.6 is 23.2 Å². The average molecular weight is 310 g/mol. The van der Waals surface area contributed by atoms with Gasteiger partial charge in [0.05, 0.1) is 10.3 Å². The van der Waals surface area contributed by atoms with Gasteiger partial charge in [-0.3, -0.25) is 10.1 Å². The maximum Gasteiger partial charge on any atom is 0.272 e. The lowest BCUT2D eigenvalue weighted by molar-refractivity contribution is -0.385. The van der Waals surface area contributed by atoms with Crippen molar-refractivity contribution >= 4 is 28.9 Å². The number of nitro groups is 1. The summed E-state index contributed by atoms with van der Waals surface area (Å²) >= 11 is 12.4. The number of alkyl halides is 1. The monoisotopic (exact) mass is 309 g/mol. The molecule has 3 nitrogen and oxygen atoms in total. The molecule has 0 saturated carbocycles. The molecule has 0 spiro atoms. The van der Waals surface area contributed by atoms with Crippen LogP contribution in [0.25, 0.3) is 0 Å². The van der Waals surface area contributed by atoms with E-state index in [1.165, 1.54) is 6.07 Å². The molecule has 0 fully saturated rings. The van der Waals surface area contributed by atoms with E-state index in [0.717, 1.165) is 11.1 Å². The Morgan fingerprint density at radius 1 is 1.25 bits per heavy atom. The summed E-state index contributed by atoms with van der Waals surface area (Å²) in [5.41, 5.74) is 2.58. The fourth-order valence-electron chi connectivity index (χ4n) is 2.04. The van der Waals surface area contributed by atoms with E-state index in [9.17, 15) is 10.1 Å². The number of hydrogen-bond acceptors (Lipinski definition) is 2. The third kappa shape index (κ3) is 3.30. The number of nitro benzene ring substituents is 1. The largest absolute Gasteiger partial charge is 0.272 e. The first-order chi connectivity index (χ1) is 9.49. The van der Waals surface area contributed by atoms with Crippen molar-refractivity contribution in [3.8, 4) is 0 Å². The molecule has 0 radical (unpaired) electrons. The molecule has 0 bridgehead atoms. The summed E-state index contributed by atoms with van der Waals surface area (Å²) in [6, 6.07) is 12.2. The Bertz CT molecular complexity index is 644. The van der Waals surface area contributed by atoms with Crippen molar-refractivity contribution in [2.45, 2.75) is 18.7 Å². The molecule has 0 aliphatic rings. The first-order valence-electron chi connectivity index (χ1n) is 6.11. The minimum atomic E-state index is -0.383. The van der Waals surface area contributed by atoms with E-state index in [1.54, 1.807) is 24.3 Å². The van der Waals surface area contributed by atoms with Gasteiger partial charge in [0.15, 0.2) is 0 Å². The Hall–Kier alpha value is -1.58. The maximum atomic E-state index is 11.0. The van der Waals surface area contributed by atoms with Gasteiger partial charge in [-0.05, 0) is 30.5 Å². The van der Waals surface area contributed by atoms with Gasteiger partial charge in [-0.1, -0.05) is 41.9 Å². The van der Waals surface area contributed by atoms with E-state index in [4.69, 9.17) is 23.2 Å². The zero-order valence-corrected chi connectivity index (χ0v) is 12.4. The highest BCUT2D eigenvalue weighted by molar-refractivity contribution is 6.31. The average Bonchev–Trinajstić information content (AvgIpc) is 2.42. The van der Waals surface area contributed by atoms with E-state index in [0.29, 0.717) is 17.0 Å². The summed E-state index contributed by atoms with van der Waals surface area (Å²) in [6.45, 7) is 1.90. The Morgan fingerprint density at radius 3 is 2.60 bits per heavy atom. The van der Waals surface area contributed by atoms with Crippen molar-refractivity contribution in [2.24, 2.45) is 0 Å². The maximum absolute atomic E-state index is 11.0. The SMILES string of the molecule is Cc1cc(C(Cl)Cc2ccccc2[N+](=O)[O-])ccc1Cl. The smallest absolute Gasteiger partial charge is 0.258 e. The van der Waals surface area contributed by atoms with Crippen LogP contribution in [0.5, 0.6) is 0 Å². The van der Waals surface area contributed by atoms with Crippen molar-refractivity contribution in [3.05, 3.63) is 74.3 Å². The zero-order chi connectivity index (χ0) is 14.7. The molecule has 5 heteroatoms. The lowest BCUT2D eigenvalue weighted by Gasteiger charge is -2.11. The number of aryl methyl sites for hydroxylation is 1. The molecule has 0 N–H and O–H groups in total. The van der Waals surface area contributed by atoms with E-state index < -0.39 is 0 Å². The van der Waals surface area contributed by atoms with Crippen molar-refractivity contribution < 1.29 is 4.92 Å². The predicted molar refractivity (Wildman–Crippen MR) is 81.6 cm³/mol. The second-order valence-electron chi connectivity index (χ2n) is 4.57. The molecule has 1 atom stereocenters. The van der Waals surface area contributed by atoms with Crippen molar-refractivity contribution in [1.29, 1.82) is 0 Å².